The van der Waals surface area contributed by atoms with E-state index in [-0.39, 0.29) is 18.3 Å². The van der Waals surface area contributed by atoms with Gasteiger partial charge in [0.15, 0.2) is 0 Å². The Morgan fingerprint density at radius 3 is 2.71 bits per heavy atom. The summed E-state index contributed by atoms with van der Waals surface area (Å²) in [6.07, 6.45) is 0.888. The maximum atomic E-state index is 14.1. The number of hydrogen-bond donors (Lipinski definition) is 2. The van der Waals surface area contributed by atoms with Crippen LogP contribution < -0.4 is 15.5 Å². The monoisotopic (exact) mass is 295 g/mol. The topological polar surface area (TPSA) is 44.4 Å². The number of nitrogens with one attached hydrogen (secondary N) is 2. The molecule has 0 saturated carbocycles. The van der Waals surface area contributed by atoms with Crippen LogP contribution in [-0.2, 0) is 11.3 Å². The quantitative estimate of drug-likeness (QED) is 0.773. The van der Waals surface area contributed by atoms with Crippen LogP contribution in [0.1, 0.15) is 32.8 Å². The Kier molecular flexibility index (Phi) is 7.15. The zero-order chi connectivity index (χ0) is 15.8. The maximum Gasteiger partial charge on any atom is 0.239 e. The summed E-state index contributed by atoms with van der Waals surface area (Å²) >= 11 is 0. The molecular formula is C16H26FN3O. The molecule has 0 unspecified atom stereocenters. The van der Waals surface area contributed by atoms with Gasteiger partial charge in [-0.3, -0.25) is 4.79 Å². The third-order valence-corrected chi connectivity index (χ3v) is 3.11. The number of amides is 1. The highest BCUT2D eigenvalue weighted by Gasteiger charge is 2.15. The van der Waals surface area contributed by atoms with Gasteiger partial charge in [-0.1, -0.05) is 32.9 Å². The summed E-state index contributed by atoms with van der Waals surface area (Å²) in [5.74, 6) is -0.394. The zero-order valence-electron chi connectivity index (χ0n) is 13.4. The van der Waals surface area contributed by atoms with E-state index in [0.717, 1.165) is 12.0 Å². The summed E-state index contributed by atoms with van der Waals surface area (Å²) in [6.45, 7) is 7.45. The second-order valence-corrected chi connectivity index (χ2v) is 5.49. The first-order valence-electron chi connectivity index (χ1n) is 7.44. The Morgan fingerprint density at radius 2 is 2.10 bits per heavy atom. The number of halogens is 1. The molecule has 0 fully saturated rings. The van der Waals surface area contributed by atoms with Crippen LogP contribution in [0, 0.1) is 5.82 Å². The van der Waals surface area contributed by atoms with Crippen LogP contribution in [-0.4, -0.2) is 32.1 Å². The van der Waals surface area contributed by atoms with Gasteiger partial charge in [0.2, 0.25) is 5.91 Å². The molecule has 0 aliphatic heterocycles. The Bertz CT molecular complexity index is 463. The van der Waals surface area contributed by atoms with Gasteiger partial charge >= 0.3 is 0 Å². The molecule has 0 radical (unpaired) electrons. The van der Waals surface area contributed by atoms with Crippen LogP contribution in [0.15, 0.2) is 18.2 Å². The summed E-state index contributed by atoms with van der Waals surface area (Å²) in [4.78, 5) is 13.4. The Morgan fingerprint density at radius 1 is 1.38 bits per heavy atom. The van der Waals surface area contributed by atoms with E-state index in [1.807, 2.05) is 26.8 Å². The number of nitrogens with zero attached hydrogens (tertiary/aromatic N) is 1. The van der Waals surface area contributed by atoms with E-state index < -0.39 is 0 Å². The van der Waals surface area contributed by atoms with Crippen molar-refractivity contribution in [3.8, 4) is 0 Å². The third kappa shape index (κ3) is 5.71. The molecule has 1 amide bonds. The summed E-state index contributed by atoms with van der Waals surface area (Å²) in [6, 6.07) is 5.32. The molecule has 0 aromatic heterocycles. The van der Waals surface area contributed by atoms with Crippen molar-refractivity contribution in [2.24, 2.45) is 0 Å². The Balaban J connectivity index is 2.81. The molecule has 2 N–H and O–H groups in total. The smallest absolute Gasteiger partial charge is 0.239 e. The fraction of sp³-hybridized carbons (Fsp3) is 0.562. The van der Waals surface area contributed by atoms with Gasteiger partial charge in [0, 0.05) is 26.2 Å². The summed E-state index contributed by atoms with van der Waals surface area (Å²) < 4.78 is 14.1. The first-order valence-corrected chi connectivity index (χ1v) is 7.44. The molecule has 0 aliphatic rings. The number of rotatable bonds is 8. The normalized spacial score (nSPS) is 10.8. The van der Waals surface area contributed by atoms with Crippen molar-refractivity contribution < 1.29 is 9.18 Å². The molecule has 0 saturated heterocycles. The van der Waals surface area contributed by atoms with Gasteiger partial charge in [-0.05, 0) is 18.1 Å². The zero-order valence-corrected chi connectivity index (χ0v) is 13.4. The van der Waals surface area contributed by atoms with E-state index in [1.54, 1.807) is 18.0 Å². The van der Waals surface area contributed by atoms with Crippen molar-refractivity contribution in [1.82, 2.24) is 10.6 Å². The van der Waals surface area contributed by atoms with Crippen LogP contribution in [0.2, 0.25) is 0 Å². The van der Waals surface area contributed by atoms with E-state index in [0.29, 0.717) is 24.8 Å². The lowest BCUT2D eigenvalue weighted by atomic mass is 10.1. The highest BCUT2D eigenvalue weighted by atomic mass is 19.1. The van der Waals surface area contributed by atoms with Crippen molar-refractivity contribution in [1.29, 1.82) is 0 Å². The fourth-order valence-electron chi connectivity index (χ4n) is 2.06. The lowest BCUT2D eigenvalue weighted by Gasteiger charge is -2.23. The first-order chi connectivity index (χ1) is 9.95. The van der Waals surface area contributed by atoms with Gasteiger partial charge in [0.25, 0.3) is 0 Å². The average molecular weight is 295 g/mol. The molecule has 0 aliphatic carbocycles. The lowest BCUT2D eigenvalue weighted by Crippen LogP contribution is -2.36. The molecule has 0 spiro atoms. The molecule has 21 heavy (non-hydrogen) atoms. The molecule has 0 bridgehead atoms. The number of hydrogen-bond acceptors (Lipinski definition) is 3. The minimum atomic E-state index is -0.302. The van der Waals surface area contributed by atoms with Crippen molar-refractivity contribution in [3.05, 3.63) is 29.6 Å². The SMILES string of the molecule is CCCNC(=O)CN(C)c1c(F)cccc1CNC(C)C. The van der Waals surface area contributed by atoms with E-state index in [4.69, 9.17) is 0 Å². The number of benzene rings is 1. The average Bonchev–Trinajstić information content (AvgIpc) is 2.42. The molecule has 0 heterocycles. The maximum absolute atomic E-state index is 14.1. The molecule has 4 nitrogen and oxygen atoms in total. The van der Waals surface area contributed by atoms with Crippen LogP contribution in [0.3, 0.4) is 0 Å². The highest BCUT2D eigenvalue weighted by Crippen LogP contribution is 2.23. The fourth-order valence-corrected chi connectivity index (χ4v) is 2.06. The van der Waals surface area contributed by atoms with Gasteiger partial charge in [-0.2, -0.15) is 0 Å². The number of carbonyl (C=O) groups is 1. The summed E-state index contributed by atoms with van der Waals surface area (Å²) in [5, 5.41) is 6.08. The van der Waals surface area contributed by atoms with Crippen molar-refractivity contribution >= 4 is 11.6 Å². The summed E-state index contributed by atoms with van der Waals surface area (Å²) in [7, 11) is 1.74. The number of likely N-dealkylation sites (N-methyl/N-ethyl adjacent to an activating group) is 1. The van der Waals surface area contributed by atoms with Crippen LogP contribution >= 0.6 is 0 Å². The number of para-hydroxylation sites is 1. The largest absolute Gasteiger partial charge is 0.363 e. The lowest BCUT2D eigenvalue weighted by molar-refractivity contribution is -0.119. The van der Waals surface area contributed by atoms with Gasteiger partial charge < -0.3 is 15.5 Å². The van der Waals surface area contributed by atoms with E-state index in [2.05, 4.69) is 10.6 Å². The number of anilines is 1. The van der Waals surface area contributed by atoms with Crippen molar-refractivity contribution in [2.75, 3.05) is 25.0 Å². The molecule has 1 rings (SSSR count). The van der Waals surface area contributed by atoms with Crippen molar-refractivity contribution in [2.45, 2.75) is 39.8 Å². The number of carbonyl (C=O) groups excluding carboxylic acids is 1. The van der Waals surface area contributed by atoms with E-state index in [9.17, 15) is 9.18 Å². The van der Waals surface area contributed by atoms with E-state index >= 15 is 0 Å². The minimum Gasteiger partial charge on any atom is -0.363 e. The molecule has 1 aromatic rings. The summed E-state index contributed by atoms with van der Waals surface area (Å²) in [5.41, 5.74) is 1.34. The van der Waals surface area contributed by atoms with Gasteiger partial charge in [-0.15, -0.1) is 0 Å². The second-order valence-electron chi connectivity index (χ2n) is 5.49. The minimum absolute atomic E-state index is 0.0922. The molecule has 118 valence electrons. The standard InChI is InChI=1S/C16H26FN3O/c1-5-9-18-15(21)11-20(4)16-13(10-19-12(2)3)7-6-8-14(16)17/h6-8,12,19H,5,9-11H2,1-4H3,(H,18,21). The molecule has 5 heteroatoms. The third-order valence-electron chi connectivity index (χ3n) is 3.11. The van der Waals surface area contributed by atoms with Crippen LogP contribution in [0.4, 0.5) is 10.1 Å². The van der Waals surface area contributed by atoms with Crippen LogP contribution in [0.5, 0.6) is 0 Å². The Hall–Kier alpha value is -1.62. The molecule has 0 atom stereocenters. The molecular weight excluding hydrogens is 269 g/mol. The Labute approximate surface area is 126 Å². The highest BCUT2D eigenvalue weighted by molar-refractivity contribution is 5.81. The van der Waals surface area contributed by atoms with Gasteiger partial charge in [0.05, 0.1) is 12.2 Å². The predicted molar refractivity (Wildman–Crippen MR) is 84.9 cm³/mol. The first kappa shape index (κ1) is 17.4. The molecule has 1 aromatic carbocycles. The van der Waals surface area contributed by atoms with Gasteiger partial charge in [0.1, 0.15) is 5.82 Å². The van der Waals surface area contributed by atoms with Crippen molar-refractivity contribution in [3.63, 3.8) is 0 Å². The van der Waals surface area contributed by atoms with Crippen LogP contribution in [0.25, 0.3) is 0 Å². The van der Waals surface area contributed by atoms with Gasteiger partial charge in [-0.25, -0.2) is 4.39 Å². The van der Waals surface area contributed by atoms with E-state index in [1.165, 1.54) is 6.07 Å². The predicted octanol–water partition coefficient (Wildman–Crippen LogP) is 2.29. The second kappa shape index (κ2) is 8.62.